The molecule has 0 bridgehead atoms. The van der Waals surface area contributed by atoms with E-state index in [0.29, 0.717) is 21.6 Å². The van der Waals surface area contributed by atoms with Crippen LogP contribution in [0.5, 0.6) is 17.2 Å². The largest absolute Gasteiger partial charge is 0.508 e. The van der Waals surface area contributed by atoms with E-state index in [1.165, 1.54) is 11.8 Å². The molecular weight excluding hydrogens is 354 g/mol. The average molecular weight is 367 g/mol. The first-order chi connectivity index (χ1) is 12.7. The predicted molar refractivity (Wildman–Crippen MR) is 99.4 cm³/mol. The molecule has 1 fully saturated rings. The van der Waals surface area contributed by atoms with Crippen molar-refractivity contribution in [3.8, 4) is 17.2 Å². The number of phenolic OH excluding ortho intramolecular Hbond substituents is 1. The number of thioether (sulfide) groups is 1. The predicted octanol–water partition coefficient (Wildman–Crippen LogP) is 2.71. The molecule has 26 heavy (non-hydrogen) atoms. The summed E-state index contributed by atoms with van der Waals surface area (Å²) in [6, 6.07) is 12.0. The van der Waals surface area contributed by atoms with Crippen LogP contribution in [0.3, 0.4) is 0 Å². The van der Waals surface area contributed by atoms with Gasteiger partial charge in [-0.3, -0.25) is 10.1 Å². The third-order valence-electron chi connectivity index (χ3n) is 3.59. The number of hydrogen-bond donors (Lipinski definition) is 2. The maximum absolute atomic E-state index is 12.0. The zero-order valence-corrected chi connectivity index (χ0v) is 14.2. The molecule has 0 aliphatic carbocycles. The number of rotatable bonds is 3. The number of hydrogen-bond acceptors (Lipinski definition) is 7. The topological polar surface area (TPSA) is 92.5 Å². The zero-order valence-electron chi connectivity index (χ0n) is 13.4. The van der Waals surface area contributed by atoms with Gasteiger partial charge in [-0.2, -0.15) is 5.10 Å². The molecule has 0 spiro atoms. The SMILES string of the molecule is O=C1N/C(=N\N=C\c2ccc3c(c2)OCO3)S/C1=C/c1ccc(O)cc1. The number of aromatic hydroxyl groups is 1. The second-order valence-corrected chi connectivity index (χ2v) is 6.45. The second-order valence-electron chi connectivity index (χ2n) is 5.42. The Morgan fingerprint density at radius 3 is 2.69 bits per heavy atom. The first kappa shape index (κ1) is 16.2. The monoisotopic (exact) mass is 367 g/mol. The fourth-order valence-electron chi connectivity index (χ4n) is 2.34. The molecule has 0 atom stereocenters. The van der Waals surface area contributed by atoms with Crippen molar-refractivity contribution in [1.82, 2.24) is 5.32 Å². The first-order valence-corrected chi connectivity index (χ1v) is 8.50. The highest BCUT2D eigenvalue weighted by atomic mass is 32.2. The molecule has 2 aromatic rings. The van der Waals surface area contributed by atoms with Crippen LogP contribution in [0.25, 0.3) is 6.08 Å². The van der Waals surface area contributed by atoms with Crippen molar-refractivity contribution in [3.05, 3.63) is 58.5 Å². The number of carbonyl (C=O) groups is 1. The van der Waals surface area contributed by atoms with Crippen LogP contribution in [0, 0.1) is 0 Å². The third-order valence-corrected chi connectivity index (χ3v) is 4.49. The Kier molecular flexibility index (Phi) is 4.32. The van der Waals surface area contributed by atoms with E-state index >= 15 is 0 Å². The van der Waals surface area contributed by atoms with Gasteiger partial charge in [0, 0.05) is 0 Å². The number of nitrogens with zero attached hydrogens (tertiary/aromatic N) is 2. The van der Waals surface area contributed by atoms with Crippen molar-refractivity contribution in [2.75, 3.05) is 6.79 Å². The molecule has 8 heteroatoms. The molecule has 0 saturated carbocycles. The Hall–Kier alpha value is -3.26. The van der Waals surface area contributed by atoms with Gasteiger partial charge in [0.15, 0.2) is 16.7 Å². The van der Waals surface area contributed by atoms with E-state index in [2.05, 4.69) is 15.5 Å². The molecule has 1 amide bonds. The van der Waals surface area contributed by atoms with E-state index in [4.69, 9.17) is 9.47 Å². The minimum atomic E-state index is -0.236. The van der Waals surface area contributed by atoms with E-state index in [-0.39, 0.29) is 18.4 Å². The zero-order chi connectivity index (χ0) is 17.9. The number of nitrogens with one attached hydrogen (secondary N) is 1. The van der Waals surface area contributed by atoms with Crippen LogP contribution in [-0.2, 0) is 4.79 Å². The number of amides is 1. The quantitative estimate of drug-likeness (QED) is 0.494. The molecule has 4 rings (SSSR count). The summed E-state index contributed by atoms with van der Waals surface area (Å²) in [6.45, 7) is 0.219. The van der Waals surface area contributed by atoms with E-state index < -0.39 is 0 Å². The lowest BCUT2D eigenvalue weighted by molar-refractivity contribution is -0.115. The van der Waals surface area contributed by atoms with Gasteiger partial charge < -0.3 is 14.6 Å². The highest BCUT2D eigenvalue weighted by molar-refractivity contribution is 8.18. The summed E-state index contributed by atoms with van der Waals surface area (Å²) in [5, 5.41) is 20.4. The lowest BCUT2D eigenvalue weighted by Gasteiger charge is -1.96. The molecule has 0 radical (unpaired) electrons. The molecular formula is C18H13N3O4S. The van der Waals surface area contributed by atoms with Crippen molar-refractivity contribution in [2.24, 2.45) is 10.2 Å². The molecule has 7 nitrogen and oxygen atoms in total. The molecule has 2 aliphatic rings. The van der Waals surface area contributed by atoms with E-state index in [1.54, 1.807) is 42.6 Å². The maximum atomic E-state index is 12.0. The molecule has 2 aromatic carbocycles. The minimum absolute atomic E-state index is 0.177. The summed E-state index contributed by atoms with van der Waals surface area (Å²) in [5.41, 5.74) is 1.62. The number of amidine groups is 1. The third kappa shape index (κ3) is 3.55. The van der Waals surface area contributed by atoms with Gasteiger partial charge in [0.1, 0.15) is 5.75 Å². The summed E-state index contributed by atoms with van der Waals surface area (Å²) >= 11 is 1.20. The van der Waals surface area contributed by atoms with Crippen LogP contribution in [0.1, 0.15) is 11.1 Å². The second kappa shape index (κ2) is 6.93. The Morgan fingerprint density at radius 2 is 1.85 bits per heavy atom. The summed E-state index contributed by atoms with van der Waals surface area (Å²) < 4.78 is 10.6. The normalized spacial score (nSPS) is 18.8. The average Bonchev–Trinajstić information content (AvgIpc) is 3.23. The van der Waals surface area contributed by atoms with E-state index in [1.807, 2.05) is 12.1 Å². The summed E-state index contributed by atoms with van der Waals surface area (Å²) in [7, 11) is 0. The van der Waals surface area contributed by atoms with E-state index in [9.17, 15) is 9.90 Å². The summed E-state index contributed by atoms with van der Waals surface area (Å²) in [4.78, 5) is 12.5. The van der Waals surface area contributed by atoms with Crippen LogP contribution >= 0.6 is 11.8 Å². The highest BCUT2D eigenvalue weighted by Crippen LogP contribution is 2.32. The van der Waals surface area contributed by atoms with Crippen molar-refractivity contribution < 1.29 is 19.4 Å². The van der Waals surface area contributed by atoms with Crippen LogP contribution in [0.4, 0.5) is 0 Å². The summed E-state index contributed by atoms with van der Waals surface area (Å²) in [5.74, 6) is 1.32. The van der Waals surface area contributed by atoms with Crippen LogP contribution in [-0.4, -0.2) is 29.2 Å². The Labute approximate surface area is 153 Å². The minimum Gasteiger partial charge on any atom is -0.508 e. The molecule has 2 aliphatic heterocycles. The van der Waals surface area contributed by atoms with Crippen LogP contribution in [0.2, 0.25) is 0 Å². The standard InChI is InChI=1S/C18H13N3O4S/c22-13-4-1-11(2-5-13)8-16-17(23)20-18(26-16)21-19-9-12-3-6-14-15(7-12)25-10-24-14/h1-9,22H,10H2,(H,20,21,23)/b16-8+,19-9+. The van der Waals surface area contributed by atoms with Gasteiger partial charge in [-0.25, -0.2) is 0 Å². The number of fused-ring (bicyclic) bond motifs is 1. The van der Waals surface area contributed by atoms with E-state index in [0.717, 1.165) is 11.1 Å². The molecule has 130 valence electrons. The number of ether oxygens (including phenoxy) is 2. The van der Waals surface area contributed by atoms with Crippen molar-refractivity contribution in [1.29, 1.82) is 0 Å². The lowest BCUT2D eigenvalue weighted by Crippen LogP contribution is -2.19. The lowest BCUT2D eigenvalue weighted by atomic mass is 10.2. The van der Waals surface area contributed by atoms with Crippen molar-refractivity contribution in [2.45, 2.75) is 0 Å². The fourth-order valence-corrected chi connectivity index (χ4v) is 3.12. The molecule has 0 unspecified atom stereocenters. The van der Waals surface area contributed by atoms with Crippen LogP contribution in [0.15, 0.2) is 57.6 Å². The van der Waals surface area contributed by atoms with Gasteiger partial charge in [-0.1, -0.05) is 12.1 Å². The maximum Gasteiger partial charge on any atom is 0.264 e. The smallest absolute Gasteiger partial charge is 0.264 e. The van der Waals surface area contributed by atoms with Gasteiger partial charge in [0.25, 0.3) is 5.91 Å². The molecule has 1 saturated heterocycles. The molecule has 0 aromatic heterocycles. The number of benzene rings is 2. The van der Waals surface area contributed by atoms with Crippen LogP contribution < -0.4 is 14.8 Å². The summed E-state index contributed by atoms with van der Waals surface area (Å²) in [6.07, 6.45) is 3.30. The molecule has 2 heterocycles. The fraction of sp³-hybridized carbons (Fsp3) is 0.0556. The van der Waals surface area contributed by atoms with Gasteiger partial charge in [-0.15, -0.1) is 5.10 Å². The Bertz CT molecular complexity index is 951. The van der Waals surface area contributed by atoms with Crippen molar-refractivity contribution in [3.63, 3.8) is 0 Å². The first-order valence-electron chi connectivity index (χ1n) is 7.68. The Balaban J connectivity index is 1.45. The number of phenols is 1. The van der Waals surface area contributed by atoms with Gasteiger partial charge in [-0.05, 0) is 59.3 Å². The Morgan fingerprint density at radius 1 is 1.08 bits per heavy atom. The number of carbonyl (C=O) groups excluding carboxylic acids is 1. The van der Waals surface area contributed by atoms with Crippen molar-refractivity contribution >= 4 is 35.1 Å². The highest BCUT2D eigenvalue weighted by Gasteiger charge is 2.23. The van der Waals surface area contributed by atoms with Gasteiger partial charge in [0.05, 0.1) is 11.1 Å². The van der Waals surface area contributed by atoms with Gasteiger partial charge >= 0.3 is 0 Å². The van der Waals surface area contributed by atoms with Gasteiger partial charge in [0.2, 0.25) is 6.79 Å². The molecule has 2 N–H and O–H groups in total.